The standard InChI is InChI=1S/C20H25N5OS/c1-14(2)12-24-19(15-6-8-18(26-3)9-7-15)21-22-20(24)27-13-16-11-17-5-4-10-25(17)23-16/h6-9,11,14H,4-5,10,12-13H2,1-3H3. The predicted octanol–water partition coefficient (Wildman–Crippen LogP) is 4.04. The Bertz CT molecular complexity index is 892. The highest BCUT2D eigenvalue weighted by Gasteiger charge is 2.18. The molecule has 7 heteroatoms. The largest absolute Gasteiger partial charge is 0.497 e. The summed E-state index contributed by atoms with van der Waals surface area (Å²) in [6, 6.07) is 10.2. The van der Waals surface area contributed by atoms with E-state index >= 15 is 0 Å². The molecule has 1 aliphatic rings. The van der Waals surface area contributed by atoms with E-state index < -0.39 is 0 Å². The average Bonchev–Trinajstić information content (AvgIpc) is 3.34. The quantitative estimate of drug-likeness (QED) is 0.576. The molecule has 0 fully saturated rings. The summed E-state index contributed by atoms with van der Waals surface area (Å²) in [5.74, 6) is 3.07. The molecule has 0 N–H and O–H groups in total. The number of hydrogen-bond acceptors (Lipinski definition) is 5. The second-order valence-corrected chi connectivity index (χ2v) is 8.22. The fraction of sp³-hybridized carbons (Fsp3) is 0.450. The third-order valence-electron chi connectivity index (χ3n) is 4.68. The van der Waals surface area contributed by atoms with Gasteiger partial charge in [-0.3, -0.25) is 4.68 Å². The van der Waals surface area contributed by atoms with Crippen molar-refractivity contribution in [2.24, 2.45) is 5.92 Å². The van der Waals surface area contributed by atoms with Crippen LogP contribution in [-0.4, -0.2) is 31.7 Å². The molecule has 2 aromatic heterocycles. The molecule has 6 nitrogen and oxygen atoms in total. The lowest BCUT2D eigenvalue weighted by Gasteiger charge is -2.12. The molecule has 0 bridgehead atoms. The van der Waals surface area contributed by atoms with Crippen molar-refractivity contribution in [1.29, 1.82) is 0 Å². The van der Waals surface area contributed by atoms with Crippen molar-refractivity contribution in [3.63, 3.8) is 0 Å². The number of hydrogen-bond donors (Lipinski definition) is 0. The van der Waals surface area contributed by atoms with Crippen molar-refractivity contribution in [2.45, 2.75) is 50.7 Å². The summed E-state index contributed by atoms with van der Waals surface area (Å²) in [6.45, 7) is 6.36. The molecule has 0 saturated heterocycles. The number of benzene rings is 1. The van der Waals surface area contributed by atoms with E-state index in [0.29, 0.717) is 5.92 Å². The van der Waals surface area contributed by atoms with Gasteiger partial charge in [-0.15, -0.1) is 10.2 Å². The minimum atomic E-state index is 0.508. The Morgan fingerprint density at radius 2 is 2.00 bits per heavy atom. The van der Waals surface area contributed by atoms with Gasteiger partial charge in [-0.1, -0.05) is 25.6 Å². The fourth-order valence-electron chi connectivity index (χ4n) is 3.41. The first-order chi connectivity index (χ1) is 13.1. The molecule has 0 spiro atoms. The van der Waals surface area contributed by atoms with Crippen molar-refractivity contribution in [3.05, 3.63) is 41.7 Å². The van der Waals surface area contributed by atoms with Crippen LogP contribution in [0.1, 0.15) is 31.7 Å². The van der Waals surface area contributed by atoms with Gasteiger partial charge in [0.25, 0.3) is 0 Å². The van der Waals surface area contributed by atoms with E-state index in [0.717, 1.165) is 53.3 Å². The van der Waals surface area contributed by atoms with Crippen LogP contribution in [0.15, 0.2) is 35.5 Å². The highest BCUT2D eigenvalue weighted by atomic mass is 32.2. The van der Waals surface area contributed by atoms with E-state index in [2.05, 4.69) is 39.4 Å². The zero-order valence-corrected chi connectivity index (χ0v) is 16.9. The molecule has 1 aromatic carbocycles. The summed E-state index contributed by atoms with van der Waals surface area (Å²) in [5.41, 5.74) is 3.53. The van der Waals surface area contributed by atoms with Crippen LogP contribution in [0.5, 0.6) is 5.75 Å². The van der Waals surface area contributed by atoms with Crippen LogP contribution < -0.4 is 4.74 Å². The highest BCUT2D eigenvalue weighted by Crippen LogP contribution is 2.29. The van der Waals surface area contributed by atoms with Crippen LogP contribution in [0.2, 0.25) is 0 Å². The van der Waals surface area contributed by atoms with Gasteiger partial charge < -0.3 is 9.30 Å². The molecule has 0 saturated carbocycles. The summed E-state index contributed by atoms with van der Waals surface area (Å²) in [5, 5.41) is 14.6. The maximum absolute atomic E-state index is 5.26. The van der Waals surface area contributed by atoms with E-state index in [4.69, 9.17) is 9.84 Å². The Balaban J connectivity index is 1.56. The first-order valence-electron chi connectivity index (χ1n) is 9.40. The number of ether oxygens (including phenoxy) is 1. The van der Waals surface area contributed by atoms with Crippen LogP contribution in [0.25, 0.3) is 11.4 Å². The Kier molecular flexibility index (Phi) is 5.20. The van der Waals surface area contributed by atoms with E-state index in [1.54, 1.807) is 18.9 Å². The van der Waals surface area contributed by atoms with Gasteiger partial charge in [0.15, 0.2) is 11.0 Å². The number of aromatic nitrogens is 5. The third-order valence-corrected chi connectivity index (χ3v) is 5.68. The molecular weight excluding hydrogens is 358 g/mol. The first-order valence-corrected chi connectivity index (χ1v) is 10.4. The number of fused-ring (bicyclic) bond motifs is 1. The normalized spacial score (nSPS) is 13.3. The molecule has 3 aromatic rings. The van der Waals surface area contributed by atoms with Crippen LogP contribution in [0.4, 0.5) is 0 Å². The number of aryl methyl sites for hydroxylation is 2. The van der Waals surface area contributed by atoms with E-state index in [-0.39, 0.29) is 0 Å². The molecular formula is C20H25N5OS. The van der Waals surface area contributed by atoms with E-state index in [9.17, 15) is 0 Å². The van der Waals surface area contributed by atoms with E-state index in [1.807, 2.05) is 24.3 Å². The molecule has 0 amide bonds. The van der Waals surface area contributed by atoms with Gasteiger partial charge in [0.1, 0.15) is 5.75 Å². The molecule has 4 rings (SSSR count). The molecule has 0 aliphatic carbocycles. The Labute approximate surface area is 163 Å². The van der Waals surface area contributed by atoms with E-state index in [1.165, 1.54) is 12.1 Å². The summed E-state index contributed by atoms with van der Waals surface area (Å²) >= 11 is 1.71. The summed E-state index contributed by atoms with van der Waals surface area (Å²) in [7, 11) is 1.68. The second-order valence-electron chi connectivity index (χ2n) is 7.28. The number of methoxy groups -OCH3 is 1. The van der Waals surface area contributed by atoms with Gasteiger partial charge >= 0.3 is 0 Å². The first kappa shape index (κ1) is 18.1. The van der Waals surface area contributed by atoms with Crippen LogP contribution in [0, 0.1) is 5.92 Å². The number of nitrogens with zero attached hydrogens (tertiary/aromatic N) is 5. The fourth-order valence-corrected chi connectivity index (χ4v) is 4.24. The van der Waals surface area contributed by atoms with Crippen LogP contribution in [0.3, 0.4) is 0 Å². The van der Waals surface area contributed by atoms with Crippen molar-refractivity contribution in [2.75, 3.05) is 7.11 Å². The van der Waals surface area contributed by atoms with Gasteiger partial charge in [-0.2, -0.15) is 5.10 Å². The molecule has 27 heavy (non-hydrogen) atoms. The zero-order chi connectivity index (χ0) is 18.8. The number of thioether (sulfide) groups is 1. The molecule has 1 aliphatic heterocycles. The average molecular weight is 384 g/mol. The SMILES string of the molecule is COc1ccc(-c2nnc(SCc3cc4n(n3)CCC4)n2CC(C)C)cc1. The topological polar surface area (TPSA) is 57.8 Å². The molecule has 0 radical (unpaired) electrons. The molecule has 142 valence electrons. The van der Waals surface area contributed by atoms with Crippen molar-refractivity contribution >= 4 is 11.8 Å². The van der Waals surface area contributed by atoms with Gasteiger partial charge in [-0.25, -0.2) is 0 Å². The lowest BCUT2D eigenvalue weighted by molar-refractivity contribution is 0.415. The third kappa shape index (κ3) is 3.88. The zero-order valence-electron chi connectivity index (χ0n) is 16.1. The lowest BCUT2D eigenvalue weighted by Crippen LogP contribution is -2.08. The van der Waals surface area contributed by atoms with Crippen molar-refractivity contribution in [1.82, 2.24) is 24.5 Å². The van der Waals surface area contributed by atoms with Gasteiger partial charge in [0.2, 0.25) is 0 Å². The highest BCUT2D eigenvalue weighted by molar-refractivity contribution is 7.98. The minimum Gasteiger partial charge on any atom is -0.497 e. The summed E-state index contributed by atoms with van der Waals surface area (Å²) in [4.78, 5) is 0. The molecule has 3 heterocycles. The monoisotopic (exact) mass is 383 g/mol. The number of rotatable bonds is 7. The smallest absolute Gasteiger partial charge is 0.191 e. The maximum Gasteiger partial charge on any atom is 0.191 e. The Hall–Kier alpha value is -2.28. The maximum atomic E-state index is 5.26. The van der Waals surface area contributed by atoms with Crippen molar-refractivity contribution in [3.8, 4) is 17.1 Å². The lowest BCUT2D eigenvalue weighted by atomic mass is 10.2. The molecule has 0 unspecified atom stereocenters. The van der Waals surface area contributed by atoms with Gasteiger partial charge in [0, 0.05) is 30.1 Å². The Morgan fingerprint density at radius 3 is 2.70 bits per heavy atom. The summed E-state index contributed by atoms with van der Waals surface area (Å²) < 4.78 is 9.62. The van der Waals surface area contributed by atoms with Crippen molar-refractivity contribution < 1.29 is 4.74 Å². The van der Waals surface area contributed by atoms with Crippen LogP contribution >= 0.6 is 11.8 Å². The van der Waals surface area contributed by atoms with Crippen LogP contribution in [-0.2, 0) is 25.3 Å². The molecule has 0 atom stereocenters. The second kappa shape index (κ2) is 7.76. The minimum absolute atomic E-state index is 0.508. The predicted molar refractivity (Wildman–Crippen MR) is 107 cm³/mol. The Morgan fingerprint density at radius 1 is 1.19 bits per heavy atom. The summed E-state index contributed by atoms with van der Waals surface area (Å²) in [6.07, 6.45) is 2.35. The van der Waals surface area contributed by atoms with Gasteiger partial charge in [-0.05, 0) is 49.1 Å². The van der Waals surface area contributed by atoms with Gasteiger partial charge in [0.05, 0.1) is 12.8 Å².